The first kappa shape index (κ1) is 18.8. The highest BCUT2D eigenvalue weighted by Gasteiger charge is 2.14. The lowest BCUT2D eigenvalue weighted by Crippen LogP contribution is -2.33. The summed E-state index contributed by atoms with van der Waals surface area (Å²) < 4.78 is 5.56. The number of nitro groups is 1. The van der Waals surface area contributed by atoms with E-state index in [-0.39, 0.29) is 16.8 Å². The highest BCUT2D eigenvalue weighted by atomic mass is 32.2. The largest absolute Gasteiger partial charge is 0.492 e. The molecule has 132 valence electrons. The van der Waals surface area contributed by atoms with E-state index in [4.69, 9.17) is 4.74 Å². The zero-order valence-corrected chi connectivity index (χ0v) is 14.9. The molecule has 0 aliphatic rings. The molecule has 6 nitrogen and oxygen atoms in total. The van der Waals surface area contributed by atoms with Crippen LogP contribution in [-0.2, 0) is 4.79 Å². The number of aryl methyl sites for hydroxylation is 1. The first-order valence-corrected chi connectivity index (χ1v) is 8.72. The molecule has 1 unspecified atom stereocenters. The molecular formula is C18H20N2O4S. The van der Waals surface area contributed by atoms with E-state index in [1.54, 1.807) is 19.1 Å². The van der Waals surface area contributed by atoms with Gasteiger partial charge in [0.15, 0.2) is 0 Å². The van der Waals surface area contributed by atoms with Gasteiger partial charge in [-0.3, -0.25) is 14.9 Å². The van der Waals surface area contributed by atoms with Crippen LogP contribution in [0.25, 0.3) is 0 Å². The molecule has 0 saturated carbocycles. The maximum absolute atomic E-state index is 12.1. The maximum atomic E-state index is 12.1. The summed E-state index contributed by atoms with van der Waals surface area (Å²) in [5, 5.41) is 13.1. The molecule has 0 aliphatic heterocycles. The van der Waals surface area contributed by atoms with Gasteiger partial charge in [-0.15, -0.1) is 11.8 Å². The minimum Gasteiger partial charge on any atom is -0.492 e. The van der Waals surface area contributed by atoms with E-state index in [1.165, 1.54) is 23.9 Å². The second-order valence-corrected chi connectivity index (χ2v) is 6.88. The van der Waals surface area contributed by atoms with Crippen LogP contribution in [0.5, 0.6) is 5.75 Å². The third-order valence-electron chi connectivity index (χ3n) is 3.42. The van der Waals surface area contributed by atoms with Gasteiger partial charge in [0, 0.05) is 17.0 Å². The van der Waals surface area contributed by atoms with Gasteiger partial charge in [-0.25, -0.2) is 0 Å². The first-order chi connectivity index (χ1) is 12.0. The number of benzene rings is 2. The fourth-order valence-corrected chi connectivity index (χ4v) is 2.92. The molecular weight excluding hydrogens is 340 g/mol. The standard InChI is InChI=1S/C18H20N2O4S/c1-13-3-7-16(8-4-13)24-12-11-19-18(21)14(2)25-17-9-5-15(6-10-17)20(22)23/h3-10,14H,11-12H2,1-2H3,(H,19,21). The first-order valence-electron chi connectivity index (χ1n) is 7.84. The van der Waals surface area contributed by atoms with Gasteiger partial charge in [0.1, 0.15) is 12.4 Å². The Bertz CT molecular complexity index is 717. The average Bonchev–Trinajstić information content (AvgIpc) is 2.60. The number of nitro benzene ring substituents is 1. The van der Waals surface area contributed by atoms with Crippen molar-refractivity contribution < 1.29 is 14.5 Å². The molecule has 1 amide bonds. The van der Waals surface area contributed by atoms with Crippen LogP contribution >= 0.6 is 11.8 Å². The summed E-state index contributed by atoms with van der Waals surface area (Å²) in [7, 11) is 0. The van der Waals surface area contributed by atoms with Crippen LogP contribution in [0.4, 0.5) is 5.69 Å². The zero-order chi connectivity index (χ0) is 18.2. The molecule has 0 radical (unpaired) electrons. The van der Waals surface area contributed by atoms with E-state index in [1.807, 2.05) is 31.2 Å². The van der Waals surface area contributed by atoms with Crippen molar-refractivity contribution >= 4 is 23.4 Å². The number of amides is 1. The number of nitrogens with one attached hydrogen (secondary N) is 1. The van der Waals surface area contributed by atoms with Gasteiger partial charge in [0.25, 0.3) is 5.69 Å². The summed E-state index contributed by atoms with van der Waals surface area (Å²) in [5.74, 6) is 0.670. The molecule has 2 rings (SSSR count). The number of ether oxygens (including phenoxy) is 1. The second-order valence-electron chi connectivity index (χ2n) is 5.46. The number of thioether (sulfide) groups is 1. The van der Waals surface area contributed by atoms with Gasteiger partial charge >= 0.3 is 0 Å². The van der Waals surface area contributed by atoms with Gasteiger partial charge < -0.3 is 10.1 Å². The lowest BCUT2D eigenvalue weighted by Gasteiger charge is -2.12. The molecule has 0 heterocycles. The predicted molar refractivity (Wildman–Crippen MR) is 98.1 cm³/mol. The van der Waals surface area contributed by atoms with Crippen molar-refractivity contribution in [1.82, 2.24) is 5.32 Å². The van der Waals surface area contributed by atoms with Crippen molar-refractivity contribution in [1.29, 1.82) is 0 Å². The van der Waals surface area contributed by atoms with Crippen molar-refractivity contribution in [2.45, 2.75) is 24.0 Å². The molecule has 0 spiro atoms. The number of rotatable bonds is 8. The second kappa shape index (κ2) is 9.08. The normalized spacial score (nSPS) is 11.6. The molecule has 2 aromatic carbocycles. The predicted octanol–water partition coefficient (Wildman–Crippen LogP) is 3.58. The van der Waals surface area contributed by atoms with Gasteiger partial charge in [-0.05, 0) is 38.1 Å². The van der Waals surface area contributed by atoms with Crippen molar-refractivity contribution in [3.8, 4) is 5.75 Å². The van der Waals surface area contributed by atoms with E-state index in [0.29, 0.717) is 13.2 Å². The van der Waals surface area contributed by atoms with Crippen molar-refractivity contribution in [2.24, 2.45) is 0 Å². The Kier molecular flexibility index (Phi) is 6.82. The molecule has 0 aromatic heterocycles. The lowest BCUT2D eigenvalue weighted by atomic mass is 10.2. The van der Waals surface area contributed by atoms with E-state index < -0.39 is 4.92 Å². The number of nitrogens with zero attached hydrogens (tertiary/aromatic N) is 1. The van der Waals surface area contributed by atoms with Crippen LogP contribution in [-0.4, -0.2) is 29.2 Å². The molecule has 25 heavy (non-hydrogen) atoms. The molecule has 1 N–H and O–H groups in total. The number of carbonyl (C=O) groups excluding carboxylic acids is 1. The lowest BCUT2D eigenvalue weighted by molar-refractivity contribution is -0.384. The van der Waals surface area contributed by atoms with Crippen LogP contribution in [0.15, 0.2) is 53.4 Å². The van der Waals surface area contributed by atoms with Crippen molar-refractivity contribution in [2.75, 3.05) is 13.2 Å². The third-order valence-corrected chi connectivity index (χ3v) is 4.53. The summed E-state index contributed by atoms with van der Waals surface area (Å²) in [4.78, 5) is 23.1. The Morgan fingerprint density at radius 3 is 2.44 bits per heavy atom. The maximum Gasteiger partial charge on any atom is 0.269 e. The van der Waals surface area contributed by atoms with Gasteiger partial charge in [-0.2, -0.15) is 0 Å². The highest BCUT2D eigenvalue weighted by molar-refractivity contribution is 8.00. The Morgan fingerprint density at radius 2 is 1.84 bits per heavy atom. The summed E-state index contributed by atoms with van der Waals surface area (Å²) in [6.07, 6.45) is 0. The quantitative estimate of drug-likeness (QED) is 0.337. The minimum absolute atomic E-state index is 0.0368. The monoisotopic (exact) mass is 360 g/mol. The molecule has 0 bridgehead atoms. The number of hydrogen-bond donors (Lipinski definition) is 1. The van der Waals surface area contributed by atoms with Crippen LogP contribution in [0.1, 0.15) is 12.5 Å². The Morgan fingerprint density at radius 1 is 1.20 bits per heavy atom. The van der Waals surface area contributed by atoms with Gasteiger partial charge in [0.05, 0.1) is 16.7 Å². The van der Waals surface area contributed by atoms with Crippen LogP contribution in [0.3, 0.4) is 0 Å². The molecule has 1 atom stereocenters. The van der Waals surface area contributed by atoms with Gasteiger partial charge in [-0.1, -0.05) is 17.7 Å². The van der Waals surface area contributed by atoms with Crippen molar-refractivity contribution in [3.63, 3.8) is 0 Å². The summed E-state index contributed by atoms with van der Waals surface area (Å²) in [6.45, 7) is 4.61. The molecule has 0 saturated heterocycles. The molecule has 0 fully saturated rings. The summed E-state index contributed by atoms with van der Waals surface area (Å²) in [5.41, 5.74) is 1.20. The highest BCUT2D eigenvalue weighted by Crippen LogP contribution is 2.25. The Labute approximate surface area is 150 Å². The smallest absolute Gasteiger partial charge is 0.269 e. The van der Waals surface area contributed by atoms with E-state index >= 15 is 0 Å². The molecule has 7 heteroatoms. The fraction of sp³-hybridized carbons (Fsp3) is 0.278. The molecule has 0 aliphatic carbocycles. The SMILES string of the molecule is Cc1ccc(OCCNC(=O)C(C)Sc2ccc([N+](=O)[O-])cc2)cc1. The number of carbonyl (C=O) groups is 1. The number of hydrogen-bond acceptors (Lipinski definition) is 5. The molecule has 2 aromatic rings. The van der Waals surface area contributed by atoms with Crippen LogP contribution in [0.2, 0.25) is 0 Å². The zero-order valence-electron chi connectivity index (χ0n) is 14.1. The third kappa shape index (κ3) is 6.11. The fourth-order valence-electron chi connectivity index (χ4n) is 2.03. The van der Waals surface area contributed by atoms with Crippen LogP contribution in [0, 0.1) is 17.0 Å². The van der Waals surface area contributed by atoms with E-state index in [2.05, 4.69) is 5.32 Å². The Balaban J connectivity index is 1.72. The van der Waals surface area contributed by atoms with Crippen LogP contribution < -0.4 is 10.1 Å². The van der Waals surface area contributed by atoms with E-state index in [9.17, 15) is 14.9 Å². The van der Waals surface area contributed by atoms with Crippen molar-refractivity contribution in [3.05, 3.63) is 64.2 Å². The average molecular weight is 360 g/mol. The minimum atomic E-state index is -0.446. The summed E-state index contributed by atoms with van der Waals surface area (Å²) in [6, 6.07) is 13.9. The van der Waals surface area contributed by atoms with Gasteiger partial charge in [0.2, 0.25) is 5.91 Å². The Hall–Kier alpha value is -2.54. The van der Waals surface area contributed by atoms with E-state index in [0.717, 1.165) is 16.2 Å². The summed E-state index contributed by atoms with van der Waals surface area (Å²) >= 11 is 1.35. The number of non-ortho nitro benzene ring substituents is 1. The topological polar surface area (TPSA) is 81.5 Å².